The summed E-state index contributed by atoms with van der Waals surface area (Å²) in [7, 11) is -2.17. The third kappa shape index (κ3) is 91.7. The molecule has 0 unspecified atom stereocenters. The van der Waals surface area contributed by atoms with Crippen LogP contribution < -0.4 is 0 Å². The Hall–Kier alpha value is 1.62. The average Bonchev–Trinajstić information content (AvgIpc) is 1.41. The molecule has 0 saturated heterocycles. The van der Waals surface area contributed by atoms with Gasteiger partial charge in [0, 0.05) is 0 Å². The van der Waals surface area contributed by atoms with Crippen LogP contribution in [-0.4, -0.2) is 57.0 Å². The Morgan fingerprint density at radius 3 is 1.14 bits per heavy atom. The fourth-order valence-corrected chi connectivity index (χ4v) is 0. The molecule has 3 nitrogen and oxygen atoms in total. The van der Waals surface area contributed by atoms with Crippen LogP contribution in [0.2, 0.25) is 0 Å². The Kier molecular flexibility index (Phi) is 35.4. The van der Waals surface area contributed by atoms with Crippen molar-refractivity contribution in [3.8, 4) is 0 Å². The minimum atomic E-state index is -2.17. The van der Waals surface area contributed by atoms with Crippen molar-refractivity contribution < 1.29 is 15.1 Å². The topological polar surface area (TPSA) is 60.7 Å². The van der Waals surface area contributed by atoms with Crippen LogP contribution >= 0.6 is 13.7 Å². The summed E-state index contributed by atoms with van der Waals surface area (Å²) in [5, 5.41) is 21.5. The molecular formula is H4BBrLi2O3. The Labute approximate surface area is 70.5 Å². The van der Waals surface area contributed by atoms with Gasteiger partial charge in [0.05, 0.1) is 0 Å². The zero-order valence-corrected chi connectivity index (χ0v) is 4.88. The Bertz CT molecular complexity index is 17.7. The molecule has 0 aromatic heterocycles. The van der Waals surface area contributed by atoms with Crippen molar-refractivity contribution in [2.24, 2.45) is 0 Å². The second-order valence-electron chi connectivity index (χ2n) is 0.346. The van der Waals surface area contributed by atoms with Crippen molar-refractivity contribution in [1.29, 1.82) is 0 Å². The van der Waals surface area contributed by atoms with E-state index in [0.717, 1.165) is 0 Å². The van der Waals surface area contributed by atoms with Crippen LogP contribution in [0, 0.1) is 0 Å². The fourth-order valence-electron chi connectivity index (χ4n) is 0. The van der Waals surface area contributed by atoms with Gasteiger partial charge in [0.1, 0.15) is 0 Å². The van der Waals surface area contributed by atoms with Gasteiger partial charge in [-0.1, -0.05) is 0 Å². The van der Waals surface area contributed by atoms with Gasteiger partial charge in [0.15, 0.2) is 0 Å². The third-order valence-electron chi connectivity index (χ3n) is 0. The van der Waals surface area contributed by atoms with Crippen LogP contribution in [-0.2, 0) is 0 Å². The van der Waals surface area contributed by atoms with Crippen LogP contribution in [0.1, 0.15) is 0 Å². The van der Waals surface area contributed by atoms with E-state index in [1.165, 1.54) is 0 Å². The van der Waals surface area contributed by atoms with E-state index in [-0.39, 0.29) is 18.9 Å². The summed E-state index contributed by atoms with van der Waals surface area (Å²) in [6.07, 6.45) is 0. The molecule has 34 valence electrons. The molecule has 0 aromatic rings. The molecule has 3 N–H and O–H groups in total. The van der Waals surface area contributed by atoms with Crippen LogP contribution in [0.3, 0.4) is 0 Å². The first-order valence-corrected chi connectivity index (χ1v) is 2.74. The van der Waals surface area contributed by atoms with E-state index in [2.05, 4.69) is 13.7 Å². The van der Waals surface area contributed by atoms with E-state index in [1.807, 2.05) is 15.8 Å². The van der Waals surface area contributed by atoms with E-state index in [1.54, 1.807) is 0 Å². The molecule has 0 bridgehead atoms. The summed E-state index contributed by atoms with van der Waals surface area (Å²) in [6, 6.07) is 0. The zero-order chi connectivity index (χ0) is 5.58. The van der Waals surface area contributed by atoms with Gasteiger partial charge in [-0.05, 0) is 0 Å². The maximum absolute atomic E-state index is 7.17. The monoisotopic (exact) mass is 156 g/mol. The van der Waals surface area contributed by atoms with E-state index >= 15 is 0 Å². The van der Waals surface area contributed by atoms with Crippen molar-refractivity contribution in [3.63, 3.8) is 0 Å². The maximum atomic E-state index is 7.17. The van der Waals surface area contributed by atoms with E-state index in [4.69, 9.17) is 15.1 Å². The molecule has 0 aliphatic rings. The molecule has 7 heteroatoms. The molecule has 0 heterocycles. The fraction of sp³-hybridized carbons (Fsp3) is 0. The molecular weight excluding hydrogens is 153 g/mol. The predicted molar refractivity (Wildman–Crippen MR) is 34.2 cm³/mol. The third-order valence-corrected chi connectivity index (χ3v) is 0. The molecule has 7 heavy (non-hydrogen) atoms. The second-order valence-corrected chi connectivity index (χ2v) is 0.346. The van der Waals surface area contributed by atoms with Gasteiger partial charge >= 0.3 is 55.7 Å². The molecule has 0 amide bonds. The van der Waals surface area contributed by atoms with E-state index in [0.29, 0.717) is 0 Å². The number of halogens is 1. The van der Waals surface area contributed by atoms with E-state index in [9.17, 15) is 0 Å². The van der Waals surface area contributed by atoms with Gasteiger partial charge in [-0.25, -0.2) is 0 Å². The first kappa shape index (κ1) is 15.8. The molecule has 0 atom stereocenters. The molecule has 0 aromatic carbocycles. The number of rotatable bonds is 0. The van der Waals surface area contributed by atoms with Crippen molar-refractivity contribution in [2.45, 2.75) is 0 Å². The van der Waals surface area contributed by atoms with E-state index < -0.39 is 7.32 Å². The molecule has 0 aliphatic heterocycles. The zero-order valence-electron chi connectivity index (χ0n) is 3.30. The van der Waals surface area contributed by atoms with Crippen LogP contribution in [0.5, 0.6) is 0 Å². The van der Waals surface area contributed by atoms with Crippen molar-refractivity contribution in [1.82, 2.24) is 0 Å². The normalized spacial score (nSPS) is 4.86. The number of hydrogen-bond acceptors (Lipinski definition) is 3. The summed E-state index contributed by atoms with van der Waals surface area (Å²) < 4.78 is 0. The summed E-state index contributed by atoms with van der Waals surface area (Å²) >= 11 is 4.75. The Morgan fingerprint density at radius 1 is 1.14 bits per heavy atom. The summed E-state index contributed by atoms with van der Waals surface area (Å²) in [4.78, 5) is 0. The van der Waals surface area contributed by atoms with Crippen molar-refractivity contribution in [3.05, 3.63) is 0 Å². The summed E-state index contributed by atoms with van der Waals surface area (Å²) in [6.45, 7) is 0. The average molecular weight is 157 g/mol. The Morgan fingerprint density at radius 2 is 1.14 bits per heavy atom. The van der Waals surface area contributed by atoms with Crippen molar-refractivity contribution >= 4 is 55.7 Å². The van der Waals surface area contributed by atoms with Crippen LogP contribution in [0.4, 0.5) is 0 Å². The minimum absolute atomic E-state index is 0. The van der Waals surface area contributed by atoms with Crippen molar-refractivity contribution in [2.75, 3.05) is 0 Å². The number of hydrogen-bond donors (Lipinski definition) is 3. The van der Waals surface area contributed by atoms with Gasteiger partial charge in [-0.3, -0.25) is 0 Å². The van der Waals surface area contributed by atoms with Gasteiger partial charge in [-0.2, -0.15) is 0 Å². The summed E-state index contributed by atoms with van der Waals surface area (Å²) in [5.41, 5.74) is 0. The first-order chi connectivity index (χ1) is 2.73. The Balaban J connectivity index is -0.0000000480. The van der Waals surface area contributed by atoms with Gasteiger partial charge in [-0.15, -0.1) is 0 Å². The predicted octanol–water partition coefficient (Wildman–Crippen LogP) is -2.24. The van der Waals surface area contributed by atoms with Gasteiger partial charge in [0.2, 0.25) is 0 Å². The molecule has 0 aliphatic carbocycles. The molecule has 0 saturated carbocycles. The van der Waals surface area contributed by atoms with Crippen LogP contribution in [0.25, 0.3) is 0 Å². The standard InChI is InChI=1S/BH3O3.BrH.2Li.H/c2-1(3)4;;;;/h2-4H;1H;;;/q;;;+1;/p-1. The second kappa shape index (κ2) is 15.6. The van der Waals surface area contributed by atoms with Gasteiger partial charge in [0.25, 0.3) is 0 Å². The molecule has 0 rings (SSSR count). The van der Waals surface area contributed by atoms with Crippen LogP contribution in [0.15, 0.2) is 0 Å². The molecule has 0 radical (unpaired) electrons. The first-order valence-electron chi connectivity index (χ1n) is 1.15. The SMILES string of the molecule is OB(O)O.[LiH].[Li][Br]. The summed E-state index contributed by atoms with van der Waals surface area (Å²) in [5.74, 6) is 0. The molecule has 0 spiro atoms. The van der Waals surface area contributed by atoms with Gasteiger partial charge < -0.3 is 15.1 Å². The molecule has 0 fully saturated rings. The quantitative estimate of drug-likeness (QED) is 0.348.